The van der Waals surface area contributed by atoms with Gasteiger partial charge in [-0.15, -0.1) is 11.3 Å². The van der Waals surface area contributed by atoms with E-state index in [1.807, 2.05) is 0 Å². The van der Waals surface area contributed by atoms with Crippen molar-refractivity contribution in [1.29, 1.82) is 0 Å². The third-order valence-electron chi connectivity index (χ3n) is 3.68. The van der Waals surface area contributed by atoms with Gasteiger partial charge in [-0.1, -0.05) is 0 Å². The molecule has 2 aromatic rings. The molecule has 1 fully saturated rings. The minimum atomic E-state index is 0.678. The van der Waals surface area contributed by atoms with Crippen molar-refractivity contribution in [1.82, 2.24) is 19.2 Å². The van der Waals surface area contributed by atoms with E-state index in [0.717, 1.165) is 55.1 Å². The highest BCUT2D eigenvalue weighted by Gasteiger charge is 2.20. The molecule has 3 rings (SSSR count). The summed E-state index contributed by atoms with van der Waals surface area (Å²) >= 11 is 3.22. The molecule has 0 aromatic carbocycles. The summed E-state index contributed by atoms with van der Waals surface area (Å²) in [6.07, 6.45) is 0.788. The van der Waals surface area contributed by atoms with Crippen LogP contribution < -0.4 is 4.90 Å². The van der Waals surface area contributed by atoms with Crippen molar-refractivity contribution in [3.63, 3.8) is 0 Å². The molecule has 3 heterocycles. The van der Waals surface area contributed by atoms with Crippen LogP contribution in [0.5, 0.6) is 0 Å². The third-order valence-corrected chi connectivity index (χ3v) is 5.32. The van der Waals surface area contributed by atoms with Crippen LogP contribution in [0.3, 0.4) is 0 Å². The van der Waals surface area contributed by atoms with E-state index in [-0.39, 0.29) is 0 Å². The predicted octanol–water partition coefficient (Wildman–Crippen LogP) is 1.81. The Morgan fingerprint density at radius 3 is 2.73 bits per heavy atom. The first kappa shape index (κ1) is 15.8. The third kappa shape index (κ3) is 4.01. The molecule has 22 heavy (non-hydrogen) atoms. The molecule has 0 amide bonds. The number of nitrogens with zero attached hydrogens (tertiary/aromatic N) is 5. The number of aromatic nitrogens is 3. The lowest BCUT2D eigenvalue weighted by atomic mass is 10.3. The molecule has 1 aliphatic rings. The first-order valence-corrected chi connectivity index (χ1v) is 9.10. The second-order valence-electron chi connectivity index (χ2n) is 5.36. The number of ether oxygens (including phenoxy) is 1. The second kappa shape index (κ2) is 7.45. The molecule has 0 aliphatic carbocycles. The van der Waals surface area contributed by atoms with E-state index in [4.69, 9.17) is 4.74 Å². The molecule has 8 heteroatoms. The average Bonchev–Trinajstić information content (AvgIpc) is 3.15. The van der Waals surface area contributed by atoms with E-state index in [1.54, 1.807) is 18.4 Å². The molecule has 0 radical (unpaired) electrons. The van der Waals surface area contributed by atoms with Gasteiger partial charge in [0.25, 0.3) is 0 Å². The van der Waals surface area contributed by atoms with Crippen molar-refractivity contribution in [2.75, 3.05) is 44.8 Å². The summed E-state index contributed by atoms with van der Waals surface area (Å²) in [5.41, 5.74) is 1.19. The van der Waals surface area contributed by atoms with E-state index in [9.17, 15) is 0 Å². The summed E-state index contributed by atoms with van der Waals surface area (Å²) in [4.78, 5) is 13.9. The number of hydrogen-bond donors (Lipinski definition) is 0. The van der Waals surface area contributed by atoms with Crippen molar-refractivity contribution in [3.8, 4) is 0 Å². The molecular formula is C14H21N5OS2. The van der Waals surface area contributed by atoms with Gasteiger partial charge in [0, 0.05) is 63.2 Å². The lowest BCUT2D eigenvalue weighted by Gasteiger charge is -2.33. The van der Waals surface area contributed by atoms with E-state index < -0.39 is 0 Å². The first-order chi connectivity index (χ1) is 10.7. The maximum Gasteiger partial charge on any atom is 0.205 e. The number of anilines is 1. The molecule has 0 spiro atoms. The monoisotopic (exact) mass is 339 g/mol. The molecule has 1 aliphatic heterocycles. The zero-order valence-electron chi connectivity index (χ0n) is 13.0. The number of methoxy groups -OCH3 is 1. The molecule has 120 valence electrons. The Hall–Kier alpha value is -1.09. The predicted molar refractivity (Wildman–Crippen MR) is 89.8 cm³/mol. The summed E-state index contributed by atoms with van der Waals surface area (Å²) in [5.74, 6) is 0.891. The van der Waals surface area contributed by atoms with Crippen LogP contribution in [0.2, 0.25) is 0 Å². The van der Waals surface area contributed by atoms with Crippen LogP contribution in [0.15, 0.2) is 5.38 Å². The van der Waals surface area contributed by atoms with Crippen molar-refractivity contribution < 1.29 is 4.74 Å². The molecule has 0 unspecified atom stereocenters. The van der Waals surface area contributed by atoms with Crippen molar-refractivity contribution in [3.05, 3.63) is 21.9 Å². The fourth-order valence-electron chi connectivity index (χ4n) is 2.48. The van der Waals surface area contributed by atoms with Crippen LogP contribution in [0.25, 0.3) is 0 Å². The molecule has 0 bridgehead atoms. The van der Waals surface area contributed by atoms with E-state index in [2.05, 4.69) is 36.4 Å². The normalized spacial score (nSPS) is 16.4. The van der Waals surface area contributed by atoms with Gasteiger partial charge in [-0.05, 0) is 6.92 Å². The van der Waals surface area contributed by atoms with E-state index in [0.29, 0.717) is 6.61 Å². The zero-order chi connectivity index (χ0) is 15.4. The van der Waals surface area contributed by atoms with Gasteiger partial charge in [-0.2, -0.15) is 4.37 Å². The van der Waals surface area contributed by atoms with Crippen molar-refractivity contribution in [2.24, 2.45) is 0 Å². The first-order valence-electron chi connectivity index (χ1n) is 7.44. The second-order valence-corrected chi connectivity index (χ2v) is 7.15. The van der Waals surface area contributed by atoms with E-state index >= 15 is 0 Å². The van der Waals surface area contributed by atoms with Crippen LogP contribution in [0, 0.1) is 6.92 Å². The molecule has 0 saturated carbocycles. The minimum absolute atomic E-state index is 0.678. The number of piperazine rings is 1. The summed E-state index contributed by atoms with van der Waals surface area (Å²) in [7, 11) is 1.70. The Labute approximate surface area is 138 Å². The number of hydrogen-bond acceptors (Lipinski definition) is 8. The van der Waals surface area contributed by atoms with Gasteiger partial charge >= 0.3 is 0 Å². The smallest absolute Gasteiger partial charge is 0.205 e. The summed E-state index contributed by atoms with van der Waals surface area (Å²) in [5, 5.41) is 4.34. The summed E-state index contributed by atoms with van der Waals surface area (Å²) < 4.78 is 9.48. The topological polar surface area (TPSA) is 54.4 Å². The SMILES string of the molecule is COCCc1nsc(N2CCN(Cc3csc(C)n3)CC2)n1. The summed E-state index contributed by atoms with van der Waals surface area (Å²) in [6, 6.07) is 0. The fraction of sp³-hybridized carbons (Fsp3) is 0.643. The Balaban J connectivity index is 1.49. The highest BCUT2D eigenvalue weighted by Crippen LogP contribution is 2.20. The van der Waals surface area contributed by atoms with Gasteiger partial charge in [0.15, 0.2) is 0 Å². The fourth-order valence-corrected chi connectivity index (χ4v) is 3.84. The van der Waals surface area contributed by atoms with Crippen LogP contribution in [-0.4, -0.2) is 59.1 Å². The average molecular weight is 339 g/mol. The maximum absolute atomic E-state index is 5.07. The Morgan fingerprint density at radius 1 is 1.23 bits per heavy atom. The van der Waals surface area contributed by atoms with Crippen LogP contribution in [0.1, 0.15) is 16.5 Å². The van der Waals surface area contributed by atoms with Crippen molar-refractivity contribution >= 4 is 28.0 Å². The van der Waals surface area contributed by atoms with Gasteiger partial charge in [0.2, 0.25) is 5.13 Å². The van der Waals surface area contributed by atoms with Crippen molar-refractivity contribution in [2.45, 2.75) is 19.9 Å². The van der Waals surface area contributed by atoms with Crippen LogP contribution in [0.4, 0.5) is 5.13 Å². The standard InChI is InChI=1S/C14H21N5OS2/c1-11-15-12(10-21-11)9-18-4-6-19(7-5-18)14-16-13(17-22-14)3-8-20-2/h10H,3-9H2,1-2H3. The molecule has 1 saturated heterocycles. The molecule has 6 nitrogen and oxygen atoms in total. The number of thiazole rings is 1. The number of rotatable bonds is 6. The highest BCUT2D eigenvalue weighted by atomic mass is 32.1. The summed E-state index contributed by atoms with van der Waals surface area (Å²) in [6.45, 7) is 7.78. The van der Waals surface area contributed by atoms with Gasteiger partial charge in [-0.25, -0.2) is 9.97 Å². The largest absolute Gasteiger partial charge is 0.384 e. The van der Waals surface area contributed by atoms with E-state index in [1.165, 1.54) is 17.2 Å². The van der Waals surface area contributed by atoms with Gasteiger partial charge in [0.05, 0.1) is 17.3 Å². The molecule has 0 atom stereocenters. The van der Waals surface area contributed by atoms with Crippen LogP contribution in [-0.2, 0) is 17.7 Å². The number of aryl methyl sites for hydroxylation is 1. The quantitative estimate of drug-likeness (QED) is 0.800. The Kier molecular flexibility index (Phi) is 5.35. The minimum Gasteiger partial charge on any atom is -0.384 e. The highest BCUT2D eigenvalue weighted by molar-refractivity contribution is 7.09. The zero-order valence-corrected chi connectivity index (χ0v) is 14.6. The van der Waals surface area contributed by atoms with Crippen LogP contribution >= 0.6 is 22.9 Å². The maximum atomic E-state index is 5.07. The lowest BCUT2D eigenvalue weighted by molar-refractivity contribution is 0.201. The Morgan fingerprint density at radius 2 is 2.05 bits per heavy atom. The molecular weight excluding hydrogens is 318 g/mol. The molecule has 2 aromatic heterocycles. The van der Waals surface area contributed by atoms with Gasteiger partial charge in [0.1, 0.15) is 5.82 Å². The van der Waals surface area contributed by atoms with Gasteiger partial charge in [-0.3, -0.25) is 4.90 Å². The Bertz CT molecular complexity index is 592. The molecule has 0 N–H and O–H groups in total. The van der Waals surface area contributed by atoms with Gasteiger partial charge < -0.3 is 9.64 Å². The lowest BCUT2D eigenvalue weighted by Crippen LogP contribution is -2.46.